The minimum Gasteiger partial charge on any atom is -0.398 e. The first-order valence-corrected chi connectivity index (χ1v) is 5.11. The van der Waals surface area contributed by atoms with Gasteiger partial charge in [-0.05, 0) is 30.3 Å². The van der Waals surface area contributed by atoms with Crippen LogP contribution < -0.4 is 5.73 Å². The Bertz CT molecular complexity index is 690. The summed E-state index contributed by atoms with van der Waals surface area (Å²) in [4.78, 5) is 0. The number of halogens is 1. The van der Waals surface area contributed by atoms with Crippen LogP contribution in [0.1, 0.15) is 0 Å². The van der Waals surface area contributed by atoms with Gasteiger partial charge >= 0.3 is 0 Å². The Morgan fingerprint density at radius 2 is 2.00 bits per heavy atom. The predicted molar refractivity (Wildman–Crippen MR) is 62.8 cm³/mol. The quantitative estimate of drug-likeness (QED) is 0.649. The molecule has 0 spiro atoms. The summed E-state index contributed by atoms with van der Waals surface area (Å²) in [5, 5.41) is 8.09. The molecule has 0 aliphatic rings. The van der Waals surface area contributed by atoms with Gasteiger partial charge in [-0.25, -0.2) is 4.39 Å². The normalized spacial score (nSPS) is 10.9. The average Bonchev–Trinajstić information content (AvgIpc) is 2.73. The van der Waals surface area contributed by atoms with Gasteiger partial charge < -0.3 is 5.73 Å². The molecule has 0 radical (unpaired) electrons. The number of nitrogens with zero attached hydrogens (tertiary/aromatic N) is 3. The SMILES string of the molecule is Nc1cc(F)ccc1-c1nnc2ccccn12. The summed E-state index contributed by atoms with van der Waals surface area (Å²) in [5.41, 5.74) is 7.53. The van der Waals surface area contributed by atoms with Gasteiger partial charge in [0.1, 0.15) is 5.82 Å². The minimum absolute atomic E-state index is 0.350. The molecule has 0 aliphatic heterocycles. The van der Waals surface area contributed by atoms with Gasteiger partial charge in [0.2, 0.25) is 0 Å². The first kappa shape index (κ1) is 9.77. The van der Waals surface area contributed by atoms with E-state index in [1.807, 2.05) is 28.8 Å². The van der Waals surface area contributed by atoms with Crippen LogP contribution in [0.15, 0.2) is 42.6 Å². The maximum Gasteiger partial charge on any atom is 0.170 e. The van der Waals surface area contributed by atoms with Crippen LogP contribution in [0.25, 0.3) is 17.0 Å². The number of fused-ring (bicyclic) bond motifs is 1. The summed E-state index contributed by atoms with van der Waals surface area (Å²) < 4.78 is 14.8. The van der Waals surface area contributed by atoms with Crippen LogP contribution >= 0.6 is 0 Å². The van der Waals surface area contributed by atoms with Gasteiger partial charge in [0.05, 0.1) is 0 Å². The van der Waals surface area contributed by atoms with Gasteiger partial charge in [-0.2, -0.15) is 0 Å². The second-order valence-electron chi connectivity index (χ2n) is 3.68. The zero-order chi connectivity index (χ0) is 11.8. The summed E-state index contributed by atoms with van der Waals surface area (Å²) in [5.74, 6) is 0.248. The molecule has 3 aromatic rings. The lowest BCUT2D eigenvalue weighted by Crippen LogP contribution is -1.95. The molecule has 0 saturated heterocycles. The summed E-state index contributed by atoms with van der Waals surface area (Å²) in [6.45, 7) is 0. The molecule has 5 heteroatoms. The van der Waals surface area contributed by atoms with Gasteiger partial charge in [-0.1, -0.05) is 6.07 Å². The molecule has 1 aromatic carbocycles. The topological polar surface area (TPSA) is 56.2 Å². The van der Waals surface area contributed by atoms with E-state index in [9.17, 15) is 4.39 Å². The van der Waals surface area contributed by atoms with Crippen LogP contribution in [0.4, 0.5) is 10.1 Å². The number of anilines is 1. The number of rotatable bonds is 1. The number of hydrogen-bond acceptors (Lipinski definition) is 3. The fourth-order valence-electron chi connectivity index (χ4n) is 1.76. The molecule has 4 nitrogen and oxygen atoms in total. The third-order valence-corrected chi connectivity index (χ3v) is 2.57. The Labute approximate surface area is 96.5 Å². The molecule has 84 valence electrons. The van der Waals surface area contributed by atoms with Gasteiger partial charge in [0.15, 0.2) is 11.5 Å². The molecule has 3 rings (SSSR count). The van der Waals surface area contributed by atoms with Crippen molar-refractivity contribution in [3.8, 4) is 11.4 Å². The first-order chi connectivity index (χ1) is 8.25. The van der Waals surface area contributed by atoms with E-state index in [1.165, 1.54) is 12.1 Å². The number of benzene rings is 1. The Morgan fingerprint density at radius 1 is 1.12 bits per heavy atom. The van der Waals surface area contributed by atoms with Crippen LogP contribution in [0.2, 0.25) is 0 Å². The van der Waals surface area contributed by atoms with E-state index in [0.717, 1.165) is 5.65 Å². The first-order valence-electron chi connectivity index (χ1n) is 5.11. The molecule has 0 atom stereocenters. The highest BCUT2D eigenvalue weighted by molar-refractivity contribution is 5.72. The maximum absolute atomic E-state index is 13.0. The highest BCUT2D eigenvalue weighted by atomic mass is 19.1. The van der Waals surface area contributed by atoms with E-state index >= 15 is 0 Å². The second-order valence-corrected chi connectivity index (χ2v) is 3.68. The van der Waals surface area contributed by atoms with Crippen LogP contribution in [0.5, 0.6) is 0 Å². The van der Waals surface area contributed by atoms with Crippen molar-refractivity contribution in [1.82, 2.24) is 14.6 Å². The molecule has 2 N–H and O–H groups in total. The van der Waals surface area contributed by atoms with E-state index in [0.29, 0.717) is 17.1 Å². The lowest BCUT2D eigenvalue weighted by molar-refractivity contribution is 0.628. The number of nitrogen functional groups attached to an aromatic ring is 1. The number of hydrogen-bond donors (Lipinski definition) is 1. The van der Waals surface area contributed by atoms with Crippen molar-refractivity contribution in [3.05, 3.63) is 48.4 Å². The van der Waals surface area contributed by atoms with E-state index in [4.69, 9.17) is 5.73 Å². The van der Waals surface area contributed by atoms with E-state index in [-0.39, 0.29) is 5.82 Å². The fraction of sp³-hybridized carbons (Fsp3) is 0. The van der Waals surface area contributed by atoms with Crippen molar-refractivity contribution >= 4 is 11.3 Å². The van der Waals surface area contributed by atoms with Crippen molar-refractivity contribution in [1.29, 1.82) is 0 Å². The second kappa shape index (κ2) is 3.55. The van der Waals surface area contributed by atoms with Crippen LogP contribution in [0, 0.1) is 5.82 Å². The smallest absolute Gasteiger partial charge is 0.170 e. The van der Waals surface area contributed by atoms with Crippen LogP contribution in [0.3, 0.4) is 0 Å². The van der Waals surface area contributed by atoms with Crippen molar-refractivity contribution in [2.75, 3.05) is 5.73 Å². The van der Waals surface area contributed by atoms with Crippen molar-refractivity contribution in [2.24, 2.45) is 0 Å². The molecular weight excluding hydrogens is 219 g/mol. The van der Waals surface area contributed by atoms with Gasteiger partial charge in [-0.3, -0.25) is 4.40 Å². The lowest BCUT2D eigenvalue weighted by atomic mass is 10.1. The molecule has 2 aromatic heterocycles. The van der Waals surface area contributed by atoms with Crippen molar-refractivity contribution in [3.63, 3.8) is 0 Å². The Balaban J connectivity index is 2.27. The molecule has 0 saturated carbocycles. The average molecular weight is 228 g/mol. The third kappa shape index (κ3) is 1.52. The highest BCUT2D eigenvalue weighted by Gasteiger charge is 2.10. The molecule has 0 aliphatic carbocycles. The molecular formula is C12H9FN4. The van der Waals surface area contributed by atoms with Gasteiger partial charge in [0.25, 0.3) is 0 Å². The van der Waals surface area contributed by atoms with Gasteiger partial charge in [0, 0.05) is 17.4 Å². The molecule has 0 unspecified atom stereocenters. The highest BCUT2D eigenvalue weighted by Crippen LogP contribution is 2.25. The fourth-order valence-corrected chi connectivity index (χ4v) is 1.76. The van der Waals surface area contributed by atoms with E-state index in [2.05, 4.69) is 10.2 Å². The summed E-state index contributed by atoms with van der Waals surface area (Å²) in [6, 6.07) is 9.83. The molecule has 0 bridgehead atoms. The van der Waals surface area contributed by atoms with Crippen molar-refractivity contribution < 1.29 is 4.39 Å². The molecule has 17 heavy (non-hydrogen) atoms. The van der Waals surface area contributed by atoms with Crippen molar-refractivity contribution in [2.45, 2.75) is 0 Å². The summed E-state index contributed by atoms with van der Waals surface area (Å²) in [6.07, 6.45) is 1.84. The Hall–Kier alpha value is -2.43. The van der Waals surface area contributed by atoms with Gasteiger partial charge in [-0.15, -0.1) is 10.2 Å². The molecule has 0 fully saturated rings. The Kier molecular flexibility index (Phi) is 2.04. The summed E-state index contributed by atoms with van der Waals surface area (Å²) >= 11 is 0. The zero-order valence-corrected chi connectivity index (χ0v) is 8.84. The Morgan fingerprint density at radius 3 is 2.82 bits per heavy atom. The van der Waals surface area contributed by atoms with Crippen LogP contribution in [-0.2, 0) is 0 Å². The molecule has 2 heterocycles. The standard InChI is InChI=1S/C12H9FN4/c13-8-4-5-9(10(14)7-8)12-16-15-11-3-1-2-6-17(11)12/h1-7H,14H2. The monoisotopic (exact) mass is 228 g/mol. The number of pyridine rings is 1. The van der Waals surface area contributed by atoms with E-state index < -0.39 is 0 Å². The predicted octanol–water partition coefficient (Wildman–Crippen LogP) is 2.12. The zero-order valence-electron chi connectivity index (χ0n) is 8.84. The maximum atomic E-state index is 13.0. The number of aromatic nitrogens is 3. The van der Waals surface area contributed by atoms with Crippen LogP contribution in [-0.4, -0.2) is 14.6 Å². The minimum atomic E-state index is -0.361. The number of nitrogens with two attached hydrogens (primary N) is 1. The molecule has 0 amide bonds. The lowest BCUT2D eigenvalue weighted by Gasteiger charge is -2.03. The third-order valence-electron chi connectivity index (χ3n) is 2.57. The largest absolute Gasteiger partial charge is 0.398 e. The summed E-state index contributed by atoms with van der Waals surface area (Å²) in [7, 11) is 0. The van der Waals surface area contributed by atoms with E-state index in [1.54, 1.807) is 6.07 Å².